The summed E-state index contributed by atoms with van der Waals surface area (Å²) in [6, 6.07) is 21.6. The van der Waals surface area contributed by atoms with E-state index in [9.17, 15) is 9.59 Å². The number of benzene rings is 3. The zero-order chi connectivity index (χ0) is 26.9. The Balaban J connectivity index is 1.61. The summed E-state index contributed by atoms with van der Waals surface area (Å²) in [4.78, 5) is 32.8. The van der Waals surface area contributed by atoms with E-state index in [0.29, 0.717) is 37.9 Å². The number of carbonyl (C=O) groups is 1. The average molecular weight is 541 g/mol. The highest BCUT2D eigenvalue weighted by Crippen LogP contribution is 2.36. The summed E-state index contributed by atoms with van der Waals surface area (Å²) < 4.78 is 23.8. The van der Waals surface area contributed by atoms with Crippen molar-refractivity contribution in [2.45, 2.75) is 13.0 Å². The van der Waals surface area contributed by atoms with Crippen molar-refractivity contribution >= 4 is 29.1 Å². The summed E-state index contributed by atoms with van der Waals surface area (Å²) in [6.07, 6.45) is 1.80. The fourth-order valence-corrected chi connectivity index (χ4v) is 5.70. The van der Waals surface area contributed by atoms with E-state index in [1.807, 2.05) is 72.8 Å². The van der Waals surface area contributed by atoms with Crippen molar-refractivity contribution < 1.29 is 23.7 Å². The van der Waals surface area contributed by atoms with E-state index < -0.39 is 12.0 Å². The number of methoxy groups -OCH3 is 1. The molecule has 3 heterocycles. The summed E-state index contributed by atoms with van der Waals surface area (Å²) in [5.74, 6) is 1.44. The SMILES string of the molecule is CCOC(=O)C1=C(c2ccccc2)N=c2s/c(=C\c3ccc4c(c3)OCO4)c(=O)n2C1c1ccc(OC)cc1. The number of hydrogen-bond acceptors (Lipinski definition) is 8. The van der Waals surface area contributed by atoms with Crippen LogP contribution in [0.3, 0.4) is 0 Å². The molecule has 4 aromatic rings. The Bertz CT molecular complexity index is 1770. The molecule has 0 bridgehead atoms. The Morgan fingerprint density at radius 1 is 1.08 bits per heavy atom. The molecule has 0 N–H and O–H groups in total. The minimum absolute atomic E-state index is 0.168. The Morgan fingerprint density at radius 3 is 2.59 bits per heavy atom. The molecular formula is C30H24N2O6S. The highest BCUT2D eigenvalue weighted by molar-refractivity contribution is 7.07. The second-order valence-electron chi connectivity index (χ2n) is 8.82. The van der Waals surface area contributed by atoms with Crippen LogP contribution in [0.2, 0.25) is 0 Å². The normalized spacial score (nSPS) is 16.1. The molecule has 0 aliphatic carbocycles. The average Bonchev–Trinajstić information content (AvgIpc) is 3.56. The maximum Gasteiger partial charge on any atom is 0.338 e. The first-order valence-electron chi connectivity index (χ1n) is 12.4. The van der Waals surface area contributed by atoms with Gasteiger partial charge in [0.15, 0.2) is 16.3 Å². The van der Waals surface area contributed by atoms with Crippen LogP contribution in [0.1, 0.15) is 29.7 Å². The van der Waals surface area contributed by atoms with E-state index in [1.165, 1.54) is 11.3 Å². The van der Waals surface area contributed by atoms with Crippen LogP contribution in [-0.4, -0.2) is 31.0 Å². The van der Waals surface area contributed by atoms with Gasteiger partial charge >= 0.3 is 5.97 Å². The van der Waals surface area contributed by atoms with Gasteiger partial charge in [-0.25, -0.2) is 9.79 Å². The topological polar surface area (TPSA) is 88.4 Å². The van der Waals surface area contributed by atoms with Gasteiger partial charge in [0.1, 0.15) is 5.75 Å². The van der Waals surface area contributed by atoms with Gasteiger partial charge in [-0.15, -0.1) is 0 Å². The molecule has 9 heteroatoms. The molecular weight excluding hydrogens is 516 g/mol. The van der Waals surface area contributed by atoms with E-state index in [1.54, 1.807) is 24.7 Å². The van der Waals surface area contributed by atoms with E-state index in [4.69, 9.17) is 23.9 Å². The standard InChI is InChI=1S/C30H24N2O6S/c1-3-36-29(34)25-26(19-7-5-4-6-8-19)31-30-32(27(25)20-10-12-21(35-2)13-11-20)28(33)24(39-30)16-18-9-14-22-23(15-18)38-17-37-22/h4-16,27H,3,17H2,1-2H3/b24-16-. The summed E-state index contributed by atoms with van der Waals surface area (Å²) in [5, 5.41) is 0. The van der Waals surface area contributed by atoms with E-state index in [-0.39, 0.29) is 19.0 Å². The number of ether oxygens (including phenoxy) is 4. The predicted octanol–water partition coefficient (Wildman–Crippen LogP) is 3.67. The molecule has 1 atom stereocenters. The largest absolute Gasteiger partial charge is 0.497 e. The number of fused-ring (bicyclic) bond motifs is 2. The second kappa shape index (κ2) is 10.3. The molecule has 1 unspecified atom stereocenters. The molecule has 2 aliphatic heterocycles. The van der Waals surface area contributed by atoms with Crippen LogP contribution in [-0.2, 0) is 9.53 Å². The molecule has 6 rings (SSSR count). The number of thiazole rings is 1. The van der Waals surface area contributed by atoms with Crippen LogP contribution in [0.15, 0.2) is 88.2 Å². The molecule has 1 aromatic heterocycles. The number of carbonyl (C=O) groups excluding carboxylic acids is 1. The van der Waals surface area contributed by atoms with Gasteiger partial charge < -0.3 is 18.9 Å². The van der Waals surface area contributed by atoms with Crippen molar-refractivity contribution in [3.63, 3.8) is 0 Å². The number of nitrogens with zero attached hydrogens (tertiary/aromatic N) is 2. The van der Waals surface area contributed by atoms with Crippen LogP contribution < -0.4 is 29.1 Å². The Labute approximate surface area is 227 Å². The van der Waals surface area contributed by atoms with Crippen LogP contribution in [0, 0.1) is 0 Å². The van der Waals surface area contributed by atoms with Gasteiger partial charge in [-0.2, -0.15) is 0 Å². The van der Waals surface area contributed by atoms with Crippen LogP contribution in [0.25, 0.3) is 11.8 Å². The summed E-state index contributed by atoms with van der Waals surface area (Å²) >= 11 is 1.27. The van der Waals surface area contributed by atoms with Gasteiger partial charge in [-0.05, 0) is 48.4 Å². The van der Waals surface area contributed by atoms with Gasteiger partial charge in [-0.3, -0.25) is 9.36 Å². The first kappa shape index (κ1) is 24.7. The van der Waals surface area contributed by atoms with Crippen molar-refractivity contribution in [1.82, 2.24) is 4.57 Å². The number of esters is 1. The lowest BCUT2D eigenvalue weighted by atomic mass is 9.93. The summed E-state index contributed by atoms with van der Waals surface area (Å²) in [6.45, 7) is 2.11. The monoisotopic (exact) mass is 540 g/mol. The first-order valence-corrected chi connectivity index (χ1v) is 13.2. The van der Waals surface area contributed by atoms with Crippen molar-refractivity contribution in [3.05, 3.63) is 115 Å². The van der Waals surface area contributed by atoms with Gasteiger partial charge in [0.25, 0.3) is 5.56 Å². The van der Waals surface area contributed by atoms with Crippen molar-refractivity contribution in [2.24, 2.45) is 4.99 Å². The molecule has 0 amide bonds. The predicted molar refractivity (Wildman–Crippen MR) is 147 cm³/mol. The molecule has 0 radical (unpaired) electrons. The Hall–Kier alpha value is -4.63. The quantitative estimate of drug-likeness (QED) is 0.347. The maximum absolute atomic E-state index is 14.0. The van der Waals surface area contributed by atoms with Crippen LogP contribution in [0.4, 0.5) is 0 Å². The van der Waals surface area contributed by atoms with E-state index in [0.717, 1.165) is 16.7 Å². The minimum atomic E-state index is -0.750. The third-order valence-electron chi connectivity index (χ3n) is 6.50. The molecule has 39 heavy (non-hydrogen) atoms. The lowest BCUT2D eigenvalue weighted by molar-refractivity contribution is -0.138. The van der Waals surface area contributed by atoms with Crippen molar-refractivity contribution in [1.29, 1.82) is 0 Å². The molecule has 8 nitrogen and oxygen atoms in total. The highest BCUT2D eigenvalue weighted by Gasteiger charge is 2.35. The third kappa shape index (κ3) is 4.51. The van der Waals surface area contributed by atoms with Gasteiger partial charge in [-0.1, -0.05) is 59.9 Å². The molecule has 196 valence electrons. The van der Waals surface area contributed by atoms with Gasteiger partial charge in [0.2, 0.25) is 6.79 Å². The Kier molecular flexibility index (Phi) is 6.50. The lowest BCUT2D eigenvalue weighted by Gasteiger charge is -2.26. The molecule has 3 aromatic carbocycles. The van der Waals surface area contributed by atoms with Crippen molar-refractivity contribution in [3.8, 4) is 17.2 Å². The van der Waals surface area contributed by atoms with E-state index >= 15 is 0 Å². The van der Waals surface area contributed by atoms with E-state index in [2.05, 4.69) is 0 Å². The molecule has 0 spiro atoms. The highest BCUT2D eigenvalue weighted by atomic mass is 32.1. The number of hydrogen-bond donors (Lipinski definition) is 0. The molecule has 0 saturated heterocycles. The fraction of sp³-hybridized carbons (Fsp3) is 0.167. The van der Waals surface area contributed by atoms with Crippen molar-refractivity contribution in [2.75, 3.05) is 20.5 Å². The zero-order valence-electron chi connectivity index (χ0n) is 21.2. The molecule has 0 fully saturated rings. The maximum atomic E-state index is 14.0. The molecule has 0 saturated carbocycles. The smallest absolute Gasteiger partial charge is 0.338 e. The first-order chi connectivity index (χ1) is 19.1. The summed E-state index contributed by atoms with van der Waals surface area (Å²) in [7, 11) is 1.59. The number of rotatable bonds is 6. The molecule has 2 aliphatic rings. The number of aromatic nitrogens is 1. The second-order valence-corrected chi connectivity index (χ2v) is 9.83. The zero-order valence-corrected chi connectivity index (χ0v) is 22.1. The third-order valence-corrected chi connectivity index (χ3v) is 7.48. The van der Waals surface area contributed by atoms with Gasteiger partial charge in [0.05, 0.1) is 35.6 Å². The van der Waals surface area contributed by atoms with Crippen LogP contribution >= 0.6 is 11.3 Å². The van der Waals surface area contributed by atoms with Gasteiger partial charge in [0, 0.05) is 5.56 Å². The lowest BCUT2D eigenvalue weighted by Crippen LogP contribution is -2.40. The fourth-order valence-electron chi connectivity index (χ4n) is 4.70. The minimum Gasteiger partial charge on any atom is -0.497 e. The summed E-state index contributed by atoms with van der Waals surface area (Å²) in [5.41, 5.74) is 2.80. The van der Waals surface area contributed by atoms with Crippen LogP contribution in [0.5, 0.6) is 17.2 Å². The Morgan fingerprint density at radius 2 is 1.85 bits per heavy atom.